The third-order valence-corrected chi connectivity index (χ3v) is 4.15. The summed E-state index contributed by atoms with van der Waals surface area (Å²) in [5.41, 5.74) is -0.0753. The largest absolute Gasteiger partial charge is 0.481 e. The Balaban J connectivity index is 2.16. The minimum Gasteiger partial charge on any atom is -0.481 e. The van der Waals surface area contributed by atoms with Gasteiger partial charge in [0.05, 0.1) is 16.8 Å². The average Bonchev–Trinajstić information content (AvgIpc) is 2.48. The van der Waals surface area contributed by atoms with E-state index in [2.05, 4.69) is 5.32 Å². The predicted octanol–water partition coefficient (Wildman–Crippen LogP) is 3.08. The molecule has 0 heterocycles. The monoisotopic (exact) mass is 326 g/mol. The van der Waals surface area contributed by atoms with Gasteiger partial charge in [0.1, 0.15) is 5.02 Å². The molecule has 0 aliphatic heterocycles. The van der Waals surface area contributed by atoms with Gasteiger partial charge in [-0.3, -0.25) is 19.7 Å². The molecule has 2 N–H and O–H groups in total. The van der Waals surface area contributed by atoms with Gasteiger partial charge in [-0.2, -0.15) is 0 Å². The van der Waals surface area contributed by atoms with E-state index < -0.39 is 28.6 Å². The number of anilines is 1. The lowest BCUT2D eigenvalue weighted by Crippen LogP contribution is -2.36. The van der Waals surface area contributed by atoms with Crippen LogP contribution in [0, 0.1) is 22.0 Å². The van der Waals surface area contributed by atoms with Crippen molar-refractivity contribution in [1.82, 2.24) is 0 Å². The van der Waals surface area contributed by atoms with Crippen LogP contribution in [0.1, 0.15) is 25.7 Å². The van der Waals surface area contributed by atoms with Crippen LogP contribution < -0.4 is 5.32 Å². The third-order valence-electron chi connectivity index (χ3n) is 3.83. The second-order valence-electron chi connectivity index (χ2n) is 5.25. The molecule has 0 radical (unpaired) electrons. The predicted molar refractivity (Wildman–Crippen MR) is 79.8 cm³/mol. The molecule has 8 heteroatoms. The zero-order valence-corrected chi connectivity index (χ0v) is 12.4. The molecule has 0 bridgehead atoms. The van der Waals surface area contributed by atoms with Gasteiger partial charge in [-0.1, -0.05) is 24.4 Å². The van der Waals surface area contributed by atoms with Crippen molar-refractivity contribution < 1.29 is 19.6 Å². The Hall–Kier alpha value is -2.15. The van der Waals surface area contributed by atoms with E-state index in [1.54, 1.807) is 0 Å². The molecule has 1 fully saturated rings. The van der Waals surface area contributed by atoms with Crippen molar-refractivity contribution in [1.29, 1.82) is 0 Å². The van der Waals surface area contributed by atoms with E-state index >= 15 is 0 Å². The number of hydrogen-bond donors (Lipinski definition) is 2. The zero-order chi connectivity index (χ0) is 16.3. The van der Waals surface area contributed by atoms with Crippen LogP contribution in [0.5, 0.6) is 0 Å². The Kier molecular flexibility index (Phi) is 4.97. The number of nitro groups is 1. The fraction of sp³-hybridized carbons (Fsp3) is 0.429. The molecule has 1 saturated carbocycles. The first-order valence-electron chi connectivity index (χ1n) is 6.87. The van der Waals surface area contributed by atoms with Crippen molar-refractivity contribution in [2.24, 2.45) is 11.8 Å². The van der Waals surface area contributed by atoms with E-state index in [1.165, 1.54) is 18.2 Å². The number of nitrogens with one attached hydrogen (secondary N) is 1. The van der Waals surface area contributed by atoms with Gasteiger partial charge in [0, 0.05) is 11.8 Å². The van der Waals surface area contributed by atoms with Crippen LogP contribution in [0.15, 0.2) is 18.2 Å². The highest BCUT2D eigenvalue weighted by molar-refractivity contribution is 6.32. The SMILES string of the molecule is O=C(O)[C@H]1CCCC[C@H]1C(=O)Nc1ccc(Cl)c([N+](=O)[O-])c1. The standard InChI is InChI=1S/C14H15ClN2O5/c15-11-6-5-8(7-12(11)17(21)22)16-13(18)9-3-1-2-4-10(9)14(19)20/h5-7,9-10H,1-4H2,(H,16,18)(H,19,20)/t9-,10+/m1/s1. The minimum atomic E-state index is -0.984. The highest BCUT2D eigenvalue weighted by Crippen LogP contribution is 2.32. The number of amides is 1. The fourth-order valence-electron chi connectivity index (χ4n) is 2.71. The van der Waals surface area contributed by atoms with Crippen LogP contribution in [0.2, 0.25) is 5.02 Å². The molecule has 1 aromatic rings. The molecule has 0 spiro atoms. The topological polar surface area (TPSA) is 110 Å². The van der Waals surface area contributed by atoms with Crippen molar-refractivity contribution in [2.45, 2.75) is 25.7 Å². The van der Waals surface area contributed by atoms with Gasteiger partial charge in [0.15, 0.2) is 0 Å². The summed E-state index contributed by atoms with van der Waals surface area (Å²) in [4.78, 5) is 33.7. The van der Waals surface area contributed by atoms with Gasteiger partial charge in [-0.05, 0) is 25.0 Å². The molecule has 1 amide bonds. The van der Waals surface area contributed by atoms with Crippen molar-refractivity contribution >= 4 is 34.9 Å². The number of nitro benzene ring substituents is 1. The van der Waals surface area contributed by atoms with E-state index in [9.17, 15) is 24.8 Å². The fourth-order valence-corrected chi connectivity index (χ4v) is 2.89. The summed E-state index contributed by atoms with van der Waals surface area (Å²) >= 11 is 5.71. The zero-order valence-electron chi connectivity index (χ0n) is 11.6. The van der Waals surface area contributed by atoms with Gasteiger partial charge < -0.3 is 10.4 Å². The number of carboxylic acid groups (broad SMARTS) is 1. The Morgan fingerprint density at radius 2 is 1.91 bits per heavy atom. The van der Waals surface area contributed by atoms with Crippen LogP contribution in [0.25, 0.3) is 0 Å². The average molecular weight is 327 g/mol. The molecule has 22 heavy (non-hydrogen) atoms. The summed E-state index contributed by atoms with van der Waals surface area (Å²) in [5.74, 6) is -2.75. The lowest BCUT2D eigenvalue weighted by molar-refractivity contribution is -0.384. The maximum absolute atomic E-state index is 12.3. The maximum Gasteiger partial charge on any atom is 0.307 e. The summed E-state index contributed by atoms with van der Waals surface area (Å²) in [7, 11) is 0. The molecular formula is C14H15ClN2O5. The molecule has 1 aliphatic rings. The number of benzene rings is 1. The Bertz CT molecular complexity index is 619. The van der Waals surface area contributed by atoms with Crippen molar-refractivity contribution in [3.8, 4) is 0 Å². The summed E-state index contributed by atoms with van der Waals surface area (Å²) in [6.07, 6.45) is 2.54. The third kappa shape index (κ3) is 3.54. The number of halogens is 1. The van der Waals surface area contributed by atoms with Gasteiger partial charge in [0.2, 0.25) is 5.91 Å². The van der Waals surface area contributed by atoms with Crippen molar-refractivity contribution in [2.75, 3.05) is 5.32 Å². The Labute approximate surface area is 131 Å². The minimum absolute atomic E-state index is 0.0240. The number of carboxylic acids is 1. The van der Waals surface area contributed by atoms with Gasteiger partial charge in [-0.25, -0.2) is 0 Å². The van der Waals surface area contributed by atoms with Crippen molar-refractivity contribution in [3.05, 3.63) is 33.3 Å². The maximum atomic E-state index is 12.3. The highest BCUT2D eigenvalue weighted by Gasteiger charge is 2.35. The van der Waals surface area contributed by atoms with E-state index in [0.717, 1.165) is 12.8 Å². The summed E-state index contributed by atoms with van der Waals surface area (Å²) < 4.78 is 0. The molecule has 0 unspecified atom stereocenters. The number of nitrogens with zero attached hydrogens (tertiary/aromatic N) is 1. The van der Waals surface area contributed by atoms with Crippen LogP contribution >= 0.6 is 11.6 Å². The van der Waals surface area contributed by atoms with Crippen LogP contribution in [-0.2, 0) is 9.59 Å². The number of rotatable bonds is 4. The smallest absolute Gasteiger partial charge is 0.307 e. The molecule has 1 aromatic carbocycles. The molecule has 7 nitrogen and oxygen atoms in total. The lowest BCUT2D eigenvalue weighted by Gasteiger charge is -2.27. The molecule has 118 valence electrons. The van der Waals surface area contributed by atoms with E-state index in [4.69, 9.17) is 11.6 Å². The molecule has 1 aliphatic carbocycles. The second-order valence-corrected chi connectivity index (χ2v) is 5.66. The van der Waals surface area contributed by atoms with Crippen LogP contribution in [0.3, 0.4) is 0 Å². The summed E-state index contributed by atoms with van der Waals surface area (Å²) in [5, 5.41) is 22.6. The second kappa shape index (κ2) is 6.74. The first-order valence-corrected chi connectivity index (χ1v) is 7.25. The molecule has 0 aromatic heterocycles. The molecular weight excluding hydrogens is 312 g/mol. The number of carbonyl (C=O) groups is 2. The van der Waals surface area contributed by atoms with Crippen molar-refractivity contribution in [3.63, 3.8) is 0 Å². The quantitative estimate of drug-likeness (QED) is 0.652. The first-order chi connectivity index (χ1) is 10.4. The van der Waals surface area contributed by atoms with E-state index in [0.29, 0.717) is 12.8 Å². The normalized spacial score (nSPS) is 21.1. The van der Waals surface area contributed by atoms with Crippen LogP contribution in [0.4, 0.5) is 11.4 Å². The number of aliphatic carboxylic acids is 1. The van der Waals surface area contributed by atoms with Gasteiger partial charge in [-0.15, -0.1) is 0 Å². The summed E-state index contributed by atoms with van der Waals surface area (Å²) in [6.45, 7) is 0. The number of hydrogen-bond acceptors (Lipinski definition) is 4. The van der Waals surface area contributed by atoms with E-state index in [-0.39, 0.29) is 16.4 Å². The molecule has 0 saturated heterocycles. The van der Waals surface area contributed by atoms with Gasteiger partial charge in [0.25, 0.3) is 5.69 Å². The molecule has 2 rings (SSSR count). The summed E-state index contributed by atoms with van der Waals surface area (Å²) in [6, 6.07) is 3.94. The number of carbonyl (C=O) groups excluding carboxylic acids is 1. The Morgan fingerprint density at radius 1 is 1.27 bits per heavy atom. The van der Waals surface area contributed by atoms with Gasteiger partial charge >= 0.3 is 5.97 Å². The highest BCUT2D eigenvalue weighted by atomic mass is 35.5. The van der Waals surface area contributed by atoms with E-state index in [1.807, 2.05) is 0 Å². The molecule has 2 atom stereocenters. The lowest BCUT2D eigenvalue weighted by atomic mass is 9.78. The Morgan fingerprint density at radius 3 is 2.50 bits per heavy atom. The van der Waals surface area contributed by atoms with Crippen LogP contribution in [-0.4, -0.2) is 21.9 Å². The first kappa shape index (κ1) is 16.2.